The Labute approximate surface area is 166 Å². The SMILES string of the molecule is Cc1ccccc1OCc1nnc(SCC(=O)Nc2cccnc2Cl)n1C. The highest BCUT2D eigenvalue weighted by atomic mass is 35.5. The summed E-state index contributed by atoms with van der Waals surface area (Å²) in [4.78, 5) is 16.0. The Morgan fingerprint density at radius 2 is 2.07 bits per heavy atom. The van der Waals surface area contributed by atoms with Gasteiger partial charge in [0.25, 0.3) is 0 Å². The van der Waals surface area contributed by atoms with Crippen molar-refractivity contribution >= 4 is 35.0 Å². The molecule has 0 unspecified atom stereocenters. The zero-order valence-corrected chi connectivity index (χ0v) is 16.4. The molecule has 0 atom stereocenters. The van der Waals surface area contributed by atoms with Crippen molar-refractivity contribution in [2.75, 3.05) is 11.1 Å². The molecule has 140 valence electrons. The number of hydrogen-bond donors (Lipinski definition) is 1. The average molecular weight is 404 g/mol. The van der Waals surface area contributed by atoms with E-state index in [1.54, 1.807) is 18.3 Å². The topological polar surface area (TPSA) is 81.9 Å². The lowest BCUT2D eigenvalue weighted by Crippen LogP contribution is -2.15. The lowest BCUT2D eigenvalue weighted by molar-refractivity contribution is -0.113. The molecule has 2 heterocycles. The first-order chi connectivity index (χ1) is 13.0. The van der Waals surface area contributed by atoms with Gasteiger partial charge in [-0.1, -0.05) is 41.6 Å². The Kier molecular flexibility index (Phi) is 6.31. The molecule has 9 heteroatoms. The van der Waals surface area contributed by atoms with Crippen LogP contribution in [0.2, 0.25) is 5.15 Å². The molecular weight excluding hydrogens is 386 g/mol. The van der Waals surface area contributed by atoms with Crippen molar-refractivity contribution < 1.29 is 9.53 Å². The second-order valence-corrected chi connectivity index (χ2v) is 6.99. The van der Waals surface area contributed by atoms with Gasteiger partial charge in [-0.3, -0.25) is 4.79 Å². The molecule has 0 fully saturated rings. The van der Waals surface area contributed by atoms with Crippen molar-refractivity contribution in [1.29, 1.82) is 0 Å². The molecule has 0 aliphatic rings. The number of carbonyl (C=O) groups is 1. The third-order valence-electron chi connectivity index (χ3n) is 3.74. The van der Waals surface area contributed by atoms with Crippen molar-refractivity contribution in [1.82, 2.24) is 19.7 Å². The van der Waals surface area contributed by atoms with Gasteiger partial charge < -0.3 is 14.6 Å². The maximum absolute atomic E-state index is 12.1. The number of nitrogens with one attached hydrogen (secondary N) is 1. The normalized spacial score (nSPS) is 10.6. The molecule has 3 aromatic rings. The summed E-state index contributed by atoms with van der Waals surface area (Å²) in [5.41, 5.74) is 1.54. The van der Waals surface area contributed by atoms with Crippen LogP contribution in [-0.2, 0) is 18.4 Å². The van der Waals surface area contributed by atoms with Gasteiger partial charge in [0.15, 0.2) is 16.1 Å². The van der Waals surface area contributed by atoms with Crippen molar-refractivity contribution in [3.63, 3.8) is 0 Å². The summed E-state index contributed by atoms with van der Waals surface area (Å²) in [5, 5.41) is 11.9. The van der Waals surface area contributed by atoms with Crippen LogP contribution in [-0.4, -0.2) is 31.4 Å². The lowest BCUT2D eigenvalue weighted by atomic mass is 10.2. The Hall–Kier alpha value is -2.58. The summed E-state index contributed by atoms with van der Waals surface area (Å²) < 4.78 is 7.61. The number of thioether (sulfide) groups is 1. The summed E-state index contributed by atoms with van der Waals surface area (Å²) >= 11 is 7.22. The maximum atomic E-state index is 12.1. The van der Waals surface area contributed by atoms with E-state index in [2.05, 4.69) is 20.5 Å². The number of nitrogens with zero attached hydrogens (tertiary/aromatic N) is 4. The van der Waals surface area contributed by atoms with E-state index >= 15 is 0 Å². The van der Waals surface area contributed by atoms with E-state index in [1.807, 2.05) is 42.8 Å². The van der Waals surface area contributed by atoms with E-state index < -0.39 is 0 Å². The number of ether oxygens (including phenoxy) is 1. The van der Waals surface area contributed by atoms with Gasteiger partial charge in [0.05, 0.1) is 11.4 Å². The van der Waals surface area contributed by atoms with Gasteiger partial charge in [-0.25, -0.2) is 4.98 Å². The number of carbonyl (C=O) groups excluding carboxylic acids is 1. The van der Waals surface area contributed by atoms with Crippen LogP contribution >= 0.6 is 23.4 Å². The van der Waals surface area contributed by atoms with Crippen LogP contribution in [0.3, 0.4) is 0 Å². The number of benzene rings is 1. The third-order valence-corrected chi connectivity index (χ3v) is 5.06. The number of pyridine rings is 1. The maximum Gasteiger partial charge on any atom is 0.234 e. The summed E-state index contributed by atoms with van der Waals surface area (Å²) in [5.74, 6) is 1.46. The second kappa shape index (κ2) is 8.88. The molecule has 0 spiro atoms. The first kappa shape index (κ1) is 19.2. The van der Waals surface area contributed by atoms with E-state index in [0.717, 1.165) is 11.3 Å². The summed E-state index contributed by atoms with van der Waals surface area (Å²) in [6.07, 6.45) is 1.56. The average Bonchev–Trinajstić information content (AvgIpc) is 3.01. The summed E-state index contributed by atoms with van der Waals surface area (Å²) in [6, 6.07) is 11.2. The fourth-order valence-electron chi connectivity index (χ4n) is 2.25. The minimum Gasteiger partial charge on any atom is -0.485 e. The fourth-order valence-corrected chi connectivity index (χ4v) is 3.15. The molecule has 2 aromatic heterocycles. The molecule has 1 N–H and O–H groups in total. The Morgan fingerprint density at radius 3 is 2.85 bits per heavy atom. The molecule has 0 aliphatic heterocycles. The second-order valence-electron chi connectivity index (χ2n) is 5.69. The molecule has 7 nitrogen and oxygen atoms in total. The van der Waals surface area contributed by atoms with E-state index in [0.29, 0.717) is 23.3 Å². The monoisotopic (exact) mass is 403 g/mol. The van der Waals surface area contributed by atoms with Gasteiger partial charge in [0.2, 0.25) is 5.91 Å². The van der Waals surface area contributed by atoms with Crippen LogP contribution < -0.4 is 10.1 Å². The van der Waals surface area contributed by atoms with Gasteiger partial charge in [-0.15, -0.1) is 10.2 Å². The number of aryl methyl sites for hydroxylation is 1. The Balaban J connectivity index is 1.55. The highest BCUT2D eigenvalue weighted by Gasteiger charge is 2.13. The predicted octanol–water partition coefficient (Wildman–Crippen LogP) is 3.48. The van der Waals surface area contributed by atoms with Gasteiger partial charge in [0.1, 0.15) is 12.4 Å². The lowest BCUT2D eigenvalue weighted by Gasteiger charge is -2.09. The molecule has 0 bridgehead atoms. The number of anilines is 1. The smallest absolute Gasteiger partial charge is 0.234 e. The predicted molar refractivity (Wildman–Crippen MR) is 105 cm³/mol. The van der Waals surface area contributed by atoms with Gasteiger partial charge in [-0.05, 0) is 30.7 Å². The number of halogens is 1. The molecule has 1 amide bonds. The van der Waals surface area contributed by atoms with Crippen molar-refractivity contribution in [3.8, 4) is 5.75 Å². The van der Waals surface area contributed by atoms with Crippen LogP contribution in [0.1, 0.15) is 11.4 Å². The van der Waals surface area contributed by atoms with Crippen molar-refractivity contribution in [2.45, 2.75) is 18.7 Å². The molecular formula is C18H18ClN5O2S. The Morgan fingerprint density at radius 1 is 1.26 bits per heavy atom. The van der Waals surface area contributed by atoms with Crippen LogP contribution in [0, 0.1) is 6.92 Å². The molecule has 0 saturated heterocycles. The fraction of sp³-hybridized carbons (Fsp3) is 0.222. The minimum absolute atomic E-state index is 0.176. The van der Waals surface area contributed by atoms with E-state index in [1.165, 1.54) is 11.8 Å². The molecule has 27 heavy (non-hydrogen) atoms. The molecule has 1 aromatic carbocycles. The first-order valence-electron chi connectivity index (χ1n) is 8.14. The Bertz CT molecular complexity index is 947. The van der Waals surface area contributed by atoms with Crippen LogP contribution in [0.25, 0.3) is 0 Å². The molecule has 3 rings (SSSR count). The van der Waals surface area contributed by atoms with E-state index in [-0.39, 0.29) is 16.8 Å². The number of hydrogen-bond acceptors (Lipinski definition) is 6. The quantitative estimate of drug-likeness (QED) is 0.480. The standard InChI is InChI=1S/C18H18ClN5O2S/c1-12-6-3-4-8-14(12)26-10-15-22-23-18(24(15)2)27-11-16(25)21-13-7-5-9-20-17(13)19/h3-9H,10-11H2,1-2H3,(H,21,25). The third kappa shape index (κ3) is 4.99. The van der Waals surface area contributed by atoms with Crippen molar-refractivity contribution in [3.05, 3.63) is 59.1 Å². The van der Waals surface area contributed by atoms with Crippen molar-refractivity contribution in [2.24, 2.45) is 7.05 Å². The minimum atomic E-state index is -0.199. The summed E-state index contributed by atoms with van der Waals surface area (Å²) in [7, 11) is 1.84. The van der Waals surface area contributed by atoms with E-state index in [4.69, 9.17) is 16.3 Å². The van der Waals surface area contributed by atoms with Gasteiger partial charge in [-0.2, -0.15) is 0 Å². The largest absolute Gasteiger partial charge is 0.485 e. The molecule has 0 radical (unpaired) electrons. The van der Waals surface area contributed by atoms with Crippen LogP contribution in [0.5, 0.6) is 5.75 Å². The number of amides is 1. The number of rotatable bonds is 7. The zero-order chi connectivity index (χ0) is 19.2. The highest BCUT2D eigenvalue weighted by molar-refractivity contribution is 7.99. The highest BCUT2D eigenvalue weighted by Crippen LogP contribution is 2.21. The number of aromatic nitrogens is 4. The van der Waals surface area contributed by atoms with Crippen LogP contribution in [0.4, 0.5) is 5.69 Å². The van der Waals surface area contributed by atoms with Gasteiger partial charge >= 0.3 is 0 Å². The first-order valence-corrected chi connectivity index (χ1v) is 9.51. The van der Waals surface area contributed by atoms with Crippen LogP contribution in [0.15, 0.2) is 47.8 Å². The summed E-state index contributed by atoms with van der Waals surface area (Å²) in [6.45, 7) is 2.28. The van der Waals surface area contributed by atoms with E-state index in [9.17, 15) is 4.79 Å². The molecule has 0 saturated carbocycles. The number of para-hydroxylation sites is 1. The van der Waals surface area contributed by atoms with Gasteiger partial charge in [0, 0.05) is 13.2 Å². The zero-order valence-electron chi connectivity index (χ0n) is 14.8. The molecule has 0 aliphatic carbocycles.